The highest BCUT2D eigenvalue weighted by molar-refractivity contribution is 6.21. The maximum atomic E-state index is 11.0. The minimum absolute atomic E-state index is 0.0508. The third-order valence-electron chi connectivity index (χ3n) is 11.6. The van der Waals surface area contributed by atoms with Crippen molar-refractivity contribution in [2.75, 3.05) is 32.3 Å². The number of rotatable bonds is 22. The van der Waals surface area contributed by atoms with Crippen molar-refractivity contribution in [2.45, 2.75) is 162 Å². The zero-order chi connectivity index (χ0) is 48.9. The smallest absolute Gasteiger partial charge is 0.214 e. The lowest BCUT2D eigenvalue weighted by Gasteiger charge is -2.43. The monoisotopic (exact) mass is 1020 g/mol. The first-order valence-electron chi connectivity index (χ1n) is 21.6. The van der Waals surface area contributed by atoms with Gasteiger partial charge in [0, 0.05) is 6.61 Å². The van der Waals surface area contributed by atoms with Crippen LogP contribution in [-0.4, -0.2) is 249 Å². The minimum Gasteiger partial charge on any atom is -0.394 e. The van der Waals surface area contributed by atoms with E-state index in [0.29, 0.717) is 25.5 Å². The van der Waals surface area contributed by atoms with Gasteiger partial charge >= 0.3 is 0 Å². The number of hydrogen-bond donors (Lipinski definition) is 11. The van der Waals surface area contributed by atoms with Gasteiger partial charge in [-0.3, -0.25) is 0 Å². The van der Waals surface area contributed by atoms with Crippen LogP contribution in [0.15, 0.2) is 18.6 Å². The highest BCUT2D eigenvalue weighted by atomic mass is 35.5. The van der Waals surface area contributed by atoms with Gasteiger partial charge in [-0.2, -0.15) is 0 Å². The molecule has 7 rings (SSSR count). The number of ether oxygens (including phenoxy) is 9. The van der Waals surface area contributed by atoms with Gasteiger partial charge in [0.05, 0.1) is 89.1 Å². The SMILES string of the molecule is CCOCCOCc1cn(C[C@H]2O[C@H](OCc3cn(C[C@H]4O[C@H](OCc5cn(C[C@H]6O[C@@](CCl)(O[C@H]7O[C@H](CO)[C@H](Cl)[C@H](O)[C@H]7O)[C@@H](O)[C@@H]6O)nn5)[C@@H](O)[C@@H](O)[C@@H]4O)nn3)[C@@H](O)[C@@H](O)[C@@H]2O)nn1. The lowest BCUT2D eigenvalue weighted by Crippen LogP contribution is -2.61. The van der Waals surface area contributed by atoms with E-state index in [1.165, 1.54) is 26.4 Å². The zero-order valence-corrected chi connectivity index (χ0v) is 37.8. The molecule has 0 bridgehead atoms. The molecular weight excluding hydrogens is 961 g/mol. The quantitative estimate of drug-likeness (QED) is 0.0329. The van der Waals surface area contributed by atoms with Crippen LogP contribution < -0.4 is 0 Å². The Kier molecular flexibility index (Phi) is 18.4. The Balaban J connectivity index is 0.886. The molecule has 29 nitrogen and oxygen atoms in total. The Bertz CT molecular complexity index is 2010. The maximum absolute atomic E-state index is 11.0. The van der Waals surface area contributed by atoms with Gasteiger partial charge in [-0.1, -0.05) is 15.6 Å². The van der Waals surface area contributed by atoms with E-state index in [1.807, 2.05) is 6.92 Å². The van der Waals surface area contributed by atoms with Crippen molar-refractivity contribution < 1.29 is 98.8 Å². The van der Waals surface area contributed by atoms with Crippen LogP contribution in [0.3, 0.4) is 0 Å². The average molecular weight is 1020 g/mol. The predicted molar refractivity (Wildman–Crippen MR) is 218 cm³/mol. The van der Waals surface area contributed by atoms with E-state index in [9.17, 15) is 56.2 Å². The van der Waals surface area contributed by atoms with Crippen molar-refractivity contribution in [3.05, 3.63) is 35.7 Å². The van der Waals surface area contributed by atoms with E-state index in [4.69, 9.17) is 65.8 Å². The number of hydrogen-bond acceptors (Lipinski definition) is 26. The normalized spacial score (nSPS) is 38.9. The molecular formula is C37H57Cl2N9O20. The van der Waals surface area contributed by atoms with Gasteiger partial charge in [0.2, 0.25) is 5.79 Å². The van der Waals surface area contributed by atoms with Gasteiger partial charge in [0.25, 0.3) is 0 Å². The Morgan fingerprint density at radius 3 is 1.51 bits per heavy atom. The molecule has 4 aliphatic heterocycles. The Morgan fingerprint density at radius 2 is 1.03 bits per heavy atom. The third kappa shape index (κ3) is 12.1. The number of halogens is 2. The van der Waals surface area contributed by atoms with Crippen molar-refractivity contribution in [3.8, 4) is 0 Å². The summed E-state index contributed by atoms with van der Waals surface area (Å²) in [6.07, 6.45) is -21.4. The molecule has 384 valence electrons. The second-order valence-electron chi connectivity index (χ2n) is 16.5. The largest absolute Gasteiger partial charge is 0.394 e. The molecule has 0 saturated carbocycles. The zero-order valence-electron chi connectivity index (χ0n) is 36.3. The van der Waals surface area contributed by atoms with Crippen LogP contribution in [0.4, 0.5) is 0 Å². The highest BCUT2D eigenvalue weighted by Gasteiger charge is 2.58. The lowest BCUT2D eigenvalue weighted by atomic mass is 9.99. The first-order valence-corrected chi connectivity index (χ1v) is 22.5. The number of nitrogens with zero attached hydrogens (tertiary/aromatic N) is 9. The molecule has 11 N–H and O–H groups in total. The lowest BCUT2D eigenvalue weighted by molar-refractivity contribution is -0.358. The van der Waals surface area contributed by atoms with Crippen molar-refractivity contribution in [1.29, 1.82) is 0 Å². The molecule has 7 heterocycles. The van der Waals surface area contributed by atoms with Gasteiger partial charge in [0.1, 0.15) is 103 Å². The van der Waals surface area contributed by atoms with Crippen LogP contribution in [0, 0.1) is 0 Å². The summed E-state index contributed by atoms with van der Waals surface area (Å²) in [5.74, 6) is -2.73. The van der Waals surface area contributed by atoms with E-state index in [-0.39, 0.29) is 50.8 Å². The molecule has 0 spiro atoms. The summed E-state index contributed by atoms with van der Waals surface area (Å²) in [5, 5.41) is 139. The minimum atomic E-state index is -2.15. The summed E-state index contributed by atoms with van der Waals surface area (Å²) >= 11 is 12.2. The number of aliphatic hydroxyl groups excluding tert-OH is 11. The first-order chi connectivity index (χ1) is 32.6. The number of aromatic nitrogens is 9. The molecule has 0 radical (unpaired) electrons. The molecule has 0 aromatic carbocycles. The molecule has 0 amide bonds. The molecule has 3 aromatic rings. The predicted octanol–water partition coefficient (Wildman–Crippen LogP) is -6.82. The van der Waals surface area contributed by atoms with Crippen molar-refractivity contribution in [3.63, 3.8) is 0 Å². The van der Waals surface area contributed by atoms with Gasteiger partial charge < -0.3 is 98.8 Å². The van der Waals surface area contributed by atoms with Crippen LogP contribution in [0.1, 0.15) is 24.0 Å². The fourth-order valence-electron chi connectivity index (χ4n) is 7.80. The Hall–Kier alpha value is -2.80. The highest BCUT2D eigenvalue weighted by Crippen LogP contribution is 2.38. The standard InChI is InChI=1S/C37H57Cl2N9O20/c1-2-60-3-4-61-12-16-5-46(43-40-16)8-19-24(50)28(54)31(57)34(64-19)62-13-17-6-47(44-41-17)9-20-25(51)29(55)32(58)35(65-20)63-14-18-7-48(45-42-18)10-21-26(52)33(59)37(15-38,67-21)68-36-30(56)27(53)23(39)22(11-49)66-36/h5-7,19-36,49-59H,2-4,8-15H2,1H3/t19-,20-,21-,22-,23+,24-,25-,26-,27+,28+,29+,30-,31+,32+,33+,34+,35+,36-,37+/m1/s1. The van der Waals surface area contributed by atoms with Crippen molar-refractivity contribution in [2.24, 2.45) is 0 Å². The molecule has 31 heteroatoms. The molecule has 19 atom stereocenters. The summed E-state index contributed by atoms with van der Waals surface area (Å²) in [6.45, 7) is 1.66. The maximum Gasteiger partial charge on any atom is 0.214 e. The molecule has 3 aromatic heterocycles. The summed E-state index contributed by atoms with van der Waals surface area (Å²) in [5.41, 5.74) is 0.901. The number of alkyl halides is 2. The third-order valence-corrected chi connectivity index (χ3v) is 12.5. The van der Waals surface area contributed by atoms with Crippen molar-refractivity contribution >= 4 is 23.2 Å². The van der Waals surface area contributed by atoms with E-state index in [1.54, 1.807) is 6.20 Å². The topological polar surface area (TPSA) is 398 Å². The second-order valence-corrected chi connectivity index (χ2v) is 17.3. The van der Waals surface area contributed by atoms with Crippen LogP contribution in [0.25, 0.3) is 0 Å². The van der Waals surface area contributed by atoms with E-state index in [0.717, 1.165) is 0 Å². The van der Waals surface area contributed by atoms with Crippen LogP contribution in [0.5, 0.6) is 0 Å². The molecule has 0 unspecified atom stereocenters. The summed E-state index contributed by atoms with van der Waals surface area (Å²) in [4.78, 5) is 0. The Labute approximate surface area is 396 Å². The second kappa shape index (κ2) is 23.6. The molecule has 4 fully saturated rings. The fourth-order valence-corrected chi connectivity index (χ4v) is 8.37. The van der Waals surface area contributed by atoms with Gasteiger partial charge in [0.15, 0.2) is 18.9 Å². The van der Waals surface area contributed by atoms with Crippen molar-refractivity contribution in [1.82, 2.24) is 45.0 Å². The van der Waals surface area contributed by atoms with E-state index < -0.39 is 128 Å². The van der Waals surface area contributed by atoms with E-state index >= 15 is 0 Å². The van der Waals surface area contributed by atoms with Crippen LogP contribution in [0.2, 0.25) is 0 Å². The average Bonchev–Trinajstić information content (AvgIpc) is 4.15. The van der Waals surface area contributed by atoms with Crippen LogP contribution >= 0.6 is 23.2 Å². The van der Waals surface area contributed by atoms with Gasteiger partial charge in [-0.15, -0.1) is 38.5 Å². The van der Waals surface area contributed by atoms with Gasteiger partial charge in [-0.25, -0.2) is 14.0 Å². The van der Waals surface area contributed by atoms with Gasteiger partial charge in [-0.05, 0) is 6.92 Å². The van der Waals surface area contributed by atoms with E-state index in [2.05, 4.69) is 30.9 Å². The molecule has 0 aliphatic carbocycles. The Morgan fingerprint density at radius 1 is 0.574 bits per heavy atom. The molecule has 4 saturated heterocycles. The summed E-state index contributed by atoms with van der Waals surface area (Å²) < 4.78 is 54.7. The first kappa shape index (κ1) is 53.0. The molecule has 68 heavy (non-hydrogen) atoms. The van der Waals surface area contributed by atoms with Crippen LogP contribution in [-0.2, 0) is 82.1 Å². The summed E-state index contributed by atoms with van der Waals surface area (Å²) in [6, 6.07) is 0. The summed E-state index contributed by atoms with van der Waals surface area (Å²) in [7, 11) is 0. The molecule has 4 aliphatic rings. The fraction of sp³-hybridized carbons (Fsp3) is 0.838. The number of aliphatic hydroxyl groups is 11.